The summed E-state index contributed by atoms with van der Waals surface area (Å²) < 4.78 is 5.26. The normalized spacial score (nSPS) is 11.1. The van der Waals surface area contributed by atoms with Gasteiger partial charge in [-0.05, 0) is 45.7 Å². The van der Waals surface area contributed by atoms with E-state index in [1.165, 1.54) is 19.3 Å². The Labute approximate surface area is 165 Å². The first-order valence-electron chi connectivity index (χ1n) is 9.26. The van der Waals surface area contributed by atoms with Gasteiger partial charge in [0.25, 0.3) is 0 Å². The number of carbonyl (C=O) groups is 2. The SMILES string of the molecule is CC(C)(C)OC(=O)Nc1ccccc1NC(=O)CCCCCCCCBr. The lowest BCUT2D eigenvalue weighted by Gasteiger charge is -2.20. The van der Waals surface area contributed by atoms with Crippen molar-refractivity contribution in [1.29, 1.82) is 0 Å². The Bertz CT molecular complexity index is 570. The van der Waals surface area contributed by atoms with E-state index in [1.54, 1.807) is 39.0 Å². The molecule has 0 atom stereocenters. The van der Waals surface area contributed by atoms with E-state index in [-0.39, 0.29) is 5.91 Å². The third-order valence-corrected chi connectivity index (χ3v) is 4.18. The van der Waals surface area contributed by atoms with E-state index in [9.17, 15) is 9.59 Å². The van der Waals surface area contributed by atoms with Gasteiger partial charge in [-0.25, -0.2) is 4.79 Å². The second-order valence-electron chi connectivity index (χ2n) is 7.28. The molecule has 0 aliphatic carbocycles. The first-order valence-corrected chi connectivity index (χ1v) is 10.4. The summed E-state index contributed by atoms with van der Waals surface area (Å²) in [6.45, 7) is 5.42. The lowest BCUT2D eigenvalue weighted by Crippen LogP contribution is -2.27. The molecule has 0 saturated heterocycles. The number of nitrogens with one attached hydrogen (secondary N) is 2. The summed E-state index contributed by atoms with van der Waals surface area (Å²) in [7, 11) is 0. The molecular formula is C20H31BrN2O3. The van der Waals surface area contributed by atoms with Crippen molar-refractivity contribution in [3.63, 3.8) is 0 Å². The van der Waals surface area contributed by atoms with Crippen LogP contribution in [0.5, 0.6) is 0 Å². The van der Waals surface area contributed by atoms with Crippen LogP contribution in [0.3, 0.4) is 0 Å². The molecule has 0 aromatic heterocycles. The quantitative estimate of drug-likeness (QED) is 0.350. The van der Waals surface area contributed by atoms with E-state index in [1.807, 2.05) is 6.07 Å². The molecule has 1 rings (SSSR count). The molecule has 1 aromatic rings. The van der Waals surface area contributed by atoms with Crippen molar-refractivity contribution in [2.24, 2.45) is 0 Å². The van der Waals surface area contributed by atoms with Crippen LogP contribution >= 0.6 is 15.9 Å². The van der Waals surface area contributed by atoms with Crippen LogP contribution in [0, 0.1) is 0 Å². The molecule has 0 radical (unpaired) electrons. The molecule has 2 amide bonds. The lowest BCUT2D eigenvalue weighted by atomic mass is 10.1. The summed E-state index contributed by atoms with van der Waals surface area (Å²) in [4.78, 5) is 24.1. The number of unbranched alkanes of at least 4 members (excludes halogenated alkanes) is 5. The molecule has 0 aliphatic heterocycles. The van der Waals surface area contributed by atoms with Crippen molar-refractivity contribution in [1.82, 2.24) is 0 Å². The van der Waals surface area contributed by atoms with Crippen molar-refractivity contribution in [3.05, 3.63) is 24.3 Å². The average molecular weight is 427 g/mol. The number of benzene rings is 1. The fourth-order valence-electron chi connectivity index (χ4n) is 2.41. The molecule has 146 valence electrons. The molecule has 0 saturated carbocycles. The summed E-state index contributed by atoms with van der Waals surface area (Å²) in [6.07, 6.45) is 6.72. The number of anilines is 2. The summed E-state index contributed by atoms with van der Waals surface area (Å²) in [5.41, 5.74) is 0.544. The van der Waals surface area contributed by atoms with Crippen molar-refractivity contribution >= 4 is 39.3 Å². The van der Waals surface area contributed by atoms with E-state index in [0.29, 0.717) is 17.8 Å². The van der Waals surface area contributed by atoms with Crippen LogP contribution in [0.1, 0.15) is 65.7 Å². The Hall–Kier alpha value is -1.56. The molecule has 26 heavy (non-hydrogen) atoms. The number of para-hydroxylation sites is 2. The van der Waals surface area contributed by atoms with Crippen LogP contribution in [0.15, 0.2) is 24.3 Å². The molecule has 1 aromatic carbocycles. The maximum atomic E-state index is 12.2. The number of amides is 2. The molecule has 2 N–H and O–H groups in total. The number of rotatable bonds is 10. The van der Waals surface area contributed by atoms with Gasteiger partial charge in [0.1, 0.15) is 5.60 Å². The van der Waals surface area contributed by atoms with Crippen molar-refractivity contribution in [2.45, 2.75) is 71.3 Å². The smallest absolute Gasteiger partial charge is 0.412 e. The van der Waals surface area contributed by atoms with Crippen molar-refractivity contribution < 1.29 is 14.3 Å². The number of alkyl halides is 1. The zero-order valence-electron chi connectivity index (χ0n) is 16.1. The first kappa shape index (κ1) is 22.5. The van der Waals surface area contributed by atoms with Crippen molar-refractivity contribution in [2.75, 3.05) is 16.0 Å². The predicted molar refractivity (Wildman–Crippen MR) is 111 cm³/mol. The molecule has 0 fully saturated rings. The third kappa shape index (κ3) is 10.4. The number of halogens is 1. The minimum atomic E-state index is -0.573. The Balaban J connectivity index is 2.42. The monoisotopic (exact) mass is 426 g/mol. The molecule has 0 spiro atoms. The zero-order chi connectivity index (χ0) is 19.4. The van der Waals surface area contributed by atoms with E-state index in [2.05, 4.69) is 26.6 Å². The van der Waals surface area contributed by atoms with Gasteiger partial charge in [-0.1, -0.05) is 53.7 Å². The van der Waals surface area contributed by atoms with E-state index < -0.39 is 11.7 Å². The highest BCUT2D eigenvalue weighted by molar-refractivity contribution is 9.09. The number of hydrogen-bond acceptors (Lipinski definition) is 3. The predicted octanol–water partition coefficient (Wildman–Crippen LogP) is 6.10. The maximum Gasteiger partial charge on any atom is 0.412 e. The first-order chi connectivity index (χ1) is 12.3. The van der Waals surface area contributed by atoms with Gasteiger partial charge in [-0.3, -0.25) is 10.1 Å². The van der Waals surface area contributed by atoms with Gasteiger partial charge in [0.15, 0.2) is 0 Å². The number of ether oxygens (including phenoxy) is 1. The standard InChI is InChI=1S/C20H31BrN2O3/c1-20(2,3)26-19(25)23-17-13-10-9-12-16(17)22-18(24)14-8-6-4-5-7-11-15-21/h9-10,12-13H,4-8,11,14-15H2,1-3H3,(H,22,24)(H,23,25). The minimum Gasteiger partial charge on any atom is -0.444 e. The lowest BCUT2D eigenvalue weighted by molar-refractivity contribution is -0.116. The molecule has 5 nitrogen and oxygen atoms in total. The Kier molecular flexibility index (Phi) is 10.3. The Morgan fingerprint density at radius 2 is 1.46 bits per heavy atom. The van der Waals surface area contributed by atoms with Gasteiger partial charge in [-0.2, -0.15) is 0 Å². The van der Waals surface area contributed by atoms with E-state index in [4.69, 9.17) is 4.74 Å². The van der Waals surface area contributed by atoms with Gasteiger partial charge in [0, 0.05) is 11.8 Å². The Morgan fingerprint density at radius 3 is 2.04 bits per heavy atom. The minimum absolute atomic E-state index is 0.0381. The van der Waals surface area contributed by atoms with Crippen LogP contribution in [-0.4, -0.2) is 22.9 Å². The number of hydrogen-bond donors (Lipinski definition) is 2. The summed E-state index contributed by atoms with van der Waals surface area (Å²) >= 11 is 3.43. The second kappa shape index (κ2) is 11.9. The summed E-state index contributed by atoms with van der Waals surface area (Å²) in [5.74, 6) is -0.0381. The molecule has 0 bridgehead atoms. The van der Waals surface area contributed by atoms with Crippen LogP contribution in [-0.2, 0) is 9.53 Å². The van der Waals surface area contributed by atoms with E-state index >= 15 is 0 Å². The largest absolute Gasteiger partial charge is 0.444 e. The van der Waals surface area contributed by atoms with Gasteiger partial charge in [0.2, 0.25) is 5.91 Å². The summed E-state index contributed by atoms with van der Waals surface area (Å²) in [5, 5.41) is 6.62. The zero-order valence-corrected chi connectivity index (χ0v) is 17.7. The number of carbonyl (C=O) groups excluding carboxylic acids is 2. The van der Waals surface area contributed by atoms with Gasteiger partial charge < -0.3 is 10.1 Å². The molecule has 0 heterocycles. The third-order valence-electron chi connectivity index (χ3n) is 3.62. The van der Waals surface area contributed by atoms with Crippen molar-refractivity contribution in [3.8, 4) is 0 Å². The highest BCUT2D eigenvalue weighted by Crippen LogP contribution is 2.22. The van der Waals surface area contributed by atoms with Crippen LogP contribution in [0.4, 0.5) is 16.2 Å². The fraction of sp³-hybridized carbons (Fsp3) is 0.600. The van der Waals surface area contributed by atoms with E-state index in [0.717, 1.165) is 24.6 Å². The molecule has 0 aliphatic rings. The van der Waals surface area contributed by atoms with Crippen LogP contribution in [0.25, 0.3) is 0 Å². The average Bonchev–Trinajstić information content (AvgIpc) is 2.54. The van der Waals surface area contributed by atoms with Gasteiger partial charge in [0.05, 0.1) is 11.4 Å². The molecular weight excluding hydrogens is 396 g/mol. The topological polar surface area (TPSA) is 67.4 Å². The summed E-state index contributed by atoms with van der Waals surface area (Å²) in [6, 6.07) is 7.13. The fourth-order valence-corrected chi connectivity index (χ4v) is 2.81. The highest BCUT2D eigenvalue weighted by atomic mass is 79.9. The maximum absolute atomic E-state index is 12.2. The molecule has 6 heteroatoms. The van der Waals surface area contributed by atoms with Gasteiger partial charge in [-0.15, -0.1) is 0 Å². The van der Waals surface area contributed by atoms with Crippen LogP contribution in [0.2, 0.25) is 0 Å². The van der Waals surface area contributed by atoms with Crippen LogP contribution < -0.4 is 10.6 Å². The Morgan fingerprint density at radius 1 is 0.923 bits per heavy atom. The van der Waals surface area contributed by atoms with Gasteiger partial charge >= 0.3 is 6.09 Å². The molecule has 0 unspecified atom stereocenters. The highest BCUT2D eigenvalue weighted by Gasteiger charge is 2.17. The second-order valence-corrected chi connectivity index (χ2v) is 8.07.